The Kier molecular flexibility index (Phi) is 7.96. The van der Waals surface area contributed by atoms with Gasteiger partial charge in [-0.25, -0.2) is 0 Å². The molecule has 0 aliphatic carbocycles. The highest BCUT2D eigenvalue weighted by molar-refractivity contribution is 5.92. The molecule has 30 heavy (non-hydrogen) atoms. The summed E-state index contributed by atoms with van der Waals surface area (Å²) in [7, 11) is 0. The topological polar surface area (TPSA) is 63.6 Å². The van der Waals surface area contributed by atoms with Crippen molar-refractivity contribution in [3.8, 4) is 0 Å². The molecule has 2 aromatic rings. The van der Waals surface area contributed by atoms with Gasteiger partial charge in [-0.05, 0) is 62.3 Å². The van der Waals surface area contributed by atoms with Crippen LogP contribution in [0.5, 0.6) is 0 Å². The fraction of sp³-hybridized carbons (Fsp3) is 0.462. The lowest BCUT2D eigenvalue weighted by Crippen LogP contribution is -2.22. The van der Waals surface area contributed by atoms with Crippen LogP contribution < -0.4 is 0 Å². The van der Waals surface area contributed by atoms with E-state index >= 15 is 0 Å². The maximum Gasteiger partial charge on any atom is 0.320 e. The van der Waals surface area contributed by atoms with E-state index in [2.05, 4.69) is 13.8 Å². The SMILES string of the molecule is CC(C)Cc1ccc(C(C)C(=O)OC(=O)C(C)c2ccc(CC(C)(C)O)cc2)cc1. The van der Waals surface area contributed by atoms with Crippen LogP contribution in [0.4, 0.5) is 0 Å². The minimum atomic E-state index is -0.790. The Balaban J connectivity index is 1.97. The minimum absolute atomic E-state index is 0.511. The van der Waals surface area contributed by atoms with Crippen molar-refractivity contribution in [2.75, 3.05) is 0 Å². The molecule has 0 saturated carbocycles. The second-order valence-electron chi connectivity index (χ2n) is 9.25. The minimum Gasteiger partial charge on any atom is -0.392 e. The van der Waals surface area contributed by atoms with E-state index < -0.39 is 29.4 Å². The lowest BCUT2D eigenvalue weighted by Gasteiger charge is -2.18. The molecule has 2 unspecified atom stereocenters. The number of ether oxygens (including phenoxy) is 1. The second-order valence-corrected chi connectivity index (χ2v) is 9.25. The largest absolute Gasteiger partial charge is 0.392 e. The van der Waals surface area contributed by atoms with Crippen LogP contribution in [-0.2, 0) is 27.2 Å². The molecule has 0 heterocycles. The molecule has 2 rings (SSSR count). The zero-order chi connectivity index (χ0) is 22.5. The average Bonchev–Trinajstić information content (AvgIpc) is 2.66. The fourth-order valence-electron chi connectivity index (χ4n) is 3.39. The molecule has 0 amide bonds. The van der Waals surface area contributed by atoms with Crippen molar-refractivity contribution in [3.05, 3.63) is 70.8 Å². The molecule has 0 aliphatic heterocycles. The van der Waals surface area contributed by atoms with Gasteiger partial charge < -0.3 is 9.84 Å². The van der Waals surface area contributed by atoms with E-state index in [1.807, 2.05) is 48.5 Å². The van der Waals surface area contributed by atoms with Gasteiger partial charge in [0.15, 0.2) is 0 Å². The van der Waals surface area contributed by atoms with Crippen molar-refractivity contribution in [1.82, 2.24) is 0 Å². The third kappa shape index (κ3) is 7.10. The Morgan fingerprint density at radius 1 is 0.800 bits per heavy atom. The van der Waals surface area contributed by atoms with Gasteiger partial charge in [0.1, 0.15) is 0 Å². The van der Waals surface area contributed by atoms with E-state index in [0.717, 1.165) is 23.1 Å². The quantitative estimate of drug-likeness (QED) is 0.481. The number of hydrogen-bond acceptors (Lipinski definition) is 4. The fourth-order valence-corrected chi connectivity index (χ4v) is 3.39. The van der Waals surface area contributed by atoms with Crippen LogP contribution in [0.15, 0.2) is 48.5 Å². The Hall–Kier alpha value is -2.46. The average molecular weight is 411 g/mol. The summed E-state index contributed by atoms with van der Waals surface area (Å²) in [5.74, 6) is -1.59. The van der Waals surface area contributed by atoms with Crippen LogP contribution in [0.25, 0.3) is 0 Å². The molecule has 0 spiro atoms. The first-order valence-corrected chi connectivity index (χ1v) is 10.6. The van der Waals surface area contributed by atoms with E-state index in [4.69, 9.17) is 4.74 Å². The van der Waals surface area contributed by atoms with Crippen LogP contribution in [0.2, 0.25) is 0 Å². The number of carbonyl (C=O) groups excluding carboxylic acids is 2. The number of hydrogen-bond donors (Lipinski definition) is 1. The molecule has 0 bridgehead atoms. The summed E-state index contributed by atoms with van der Waals surface area (Å²) in [5, 5.41) is 9.92. The number of benzene rings is 2. The number of aliphatic hydroxyl groups is 1. The third-order valence-corrected chi connectivity index (χ3v) is 5.15. The van der Waals surface area contributed by atoms with Crippen molar-refractivity contribution in [2.45, 2.75) is 71.8 Å². The Bertz CT molecular complexity index is 842. The van der Waals surface area contributed by atoms with Crippen LogP contribution >= 0.6 is 0 Å². The van der Waals surface area contributed by atoms with Gasteiger partial charge >= 0.3 is 11.9 Å². The summed E-state index contributed by atoms with van der Waals surface area (Å²) in [6.45, 7) is 11.3. The van der Waals surface area contributed by atoms with E-state index in [0.29, 0.717) is 12.3 Å². The van der Waals surface area contributed by atoms with Gasteiger partial charge in [0.05, 0.1) is 17.4 Å². The maximum atomic E-state index is 12.5. The molecular weight excluding hydrogens is 376 g/mol. The molecule has 4 nitrogen and oxygen atoms in total. The molecule has 4 heteroatoms. The Morgan fingerprint density at radius 2 is 1.20 bits per heavy atom. The van der Waals surface area contributed by atoms with Crippen LogP contribution in [0.3, 0.4) is 0 Å². The number of rotatable bonds is 8. The lowest BCUT2D eigenvalue weighted by atomic mass is 9.95. The molecule has 0 fully saturated rings. The third-order valence-electron chi connectivity index (χ3n) is 5.15. The summed E-state index contributed by atoms with van der Waals surface area (Å²) < 4.78 is 5.17. The van der Waals surface area contributed by atoms with Crippen molar-refractivity contribution < 1.29 is 19.4 Å². The molecule has 2 aromatic carbocycles. The summed E-state index contributed by atoms with van der Waals surface area (Å²) >= 11 is 0. The normalized spacial score (nSPS) is 13.7. The van der Waals surface area contributed by atoms with Gasteiger partial charge in [-0.15, -0.1) is 0 Å². The second kappa shape index (κ2) is 10.0. The Morgan fingerprint density at radius 3 is 1.57 bits per heavy atom. The van der Waals surface area contributed by atoms with Gasteiger partial charge in [0.25, 0.3) is 0 Å². The van der Waals surface area contributed by atoms with E-state index in [-0.39, 0.29) is 0 Å². The molecule has 0 aromatic heterocycles. The van der Waals surface area contributed by atoms with E-state index in [1.54, 1.807) is 27.7 Å². The first-order chi connectivity index (χ1) is 14.0. The van der Waals surface area contributed by atoms with Crippen LogP contribution in [0.1, 0.15) is 75.6 Å². The first-order valence-electron chi connectivity index (χ1n) is 10.6. The van der Waals surface area contributed by atoms with Gasteiger partial charge in [0.2, 0.25) is 0 Å². The highest BCUT2D eigenvalue weighted by Gasteiger charge is 2.24. The van der Waals surface area contributed by atoms with Crippen LogP contribution in [-0.4, -0.2) is 22.6 Å². The zero-order valence-corrected chi connectivity index (χ0v) is 18.9. The summed E-state index contributed by atoms with van der Waals surface area (Å²) in [6.07, 6.45) is 1.52. The smallest absolute Gasteiger partial charge is 0.320 e. The number of esters is 2. The standard InChI is InChI=1S/C26H34O4/c1-17(2)15-20-7-11-22(12-8-20)18(3)24(27)30-25(28)19(4)23-13-9-21(10-14-23)16-26(5,6)29/h7-14,17-19,29H,15-16H2,1-6H3. The maximum absolute atomic E-state index is 12.5. The molecule has 162 valence electrons. The van der Waals surface area contributed by atoms with E-state index in [9.17, 15) is 14.7 Å². The van der Waals surface area contributed by atoms with Crippen LogP contribution in [0, 0.1) is 5.92 Å². The molecule has 1 N–H and O–H groups in total. The van der Waals surface area contributed by atoms with Gasteiger partial charge in [-0.3, -0.25) is 9.59 Å². The predicted octanol–water partition coefficient (Wildman–Crippen LogP) is 5.18. The van der Waals surface area contributed by atoms with Crippen molar-refractivity contribution in [2.24, 2.45) is 5.92 Å². The highest BCUT2D eigenvalue weighted by atomic mass is 16.6. The molecular formula is C26H34O4. The predicted molar refractivity (Wildman–Crippen MR) is 119 cm³/mol. The monoisotopic (exact) mass is 410 g/mol. The highest BCUT2D eigenvalue weighted by Crippen LogP contribution is 2.23. The molecule has 0 radical (unpaired) electrons. The first kappa shape index (κ1) is 23.8. The Labute approximate surface area is 180 Å². The lowest BCUT2D eigenvalue weighted by molar-refractivity contribution is -0.161. The van der Waals surface area contributed by atoms with E-state index in [1.165, 1.54) is 5.56 Å². The van der Waals surface area contributed by atoms with Crippen molar-refractivity contribution in [1.29, 1.82) is 0 Å². The number of carbonyl (C=O) groups is 2. The molecule has 2 atom stereocenters. The van der Waals surface area contributed by atoms with Gasteiger partial charge in [0, 0.05) is 6.42 Å². The summed E-state index contributed by atoms with van der Waals surface area (Å²) in [4.78, 5) is 25.0. The molecule has 0 aliphatic rings. The van der Waals surface area contributed by atoms with Crippen molar-refractivity contribution in [3.63, 3.8) is 0 Å². The van der Waals surface area contributed by atoms with Crippen molar-refractivity contribution >= 4 is 11.9 Å². The zero-order valence-electron chi connectivity index (χ0n) is 18.9. The van der Waals surface area contributed by atoms with Gasteiger partial charge in [-0.1, -0.05) is 62.4 Å². The summed E-state index contributed by atoms with van der Waals surface area (Å²) in [6, 6.07) is 15.4. The summed E-state index contributed by atoms with van der Waals surface area (Å²) in [5.41, 5.74) is 3.04. The van der Waals surface area contributed by atoms with Gasteiger partial charge in [-0.2, -0.15) is 0 Å². The molecule has 0 saturated heterocycles.